The Morgan fingerprint density at radius 1 is 0.569 bits per heavy atom. The van der Waals surface area contributed by atoms with E-state index >= 15 is 0 Å². The van der Waals surface area contributed by atoms with Crippen molar-refractivity contribution in [1.29, 1.82) is 0 Å². The van der Waals surface area contributed by atoms with E-state index < -0.39 is 0 Å². The van der Waals surface area contributed by atoms with Gasteiger partial charge in [0.25, 0.3) is 0 Å². The summed E-state index contributed by atoms with van der Waals surface area (Å²) in [5.74, 6) is 0. The SMILES string of the molecule is CC1(C)C2=C(CCC=C2)c2cc(N(c3cccc(-c4cccc5c4oc4ccccc45)c3)c3ccc4ccccc4c3-c3ccc4sc5ccccc5c4c3)ccc21. The zero-order valence-electron chi connectivity index (χ0n) is 32.4. The van der Waals surface area contributed by atoms with E-state index in [0.717, 1.165) is 63.0 Å². The van der Waals surface area contributed by atoms with Gasteiger partial charge in [-0.3, -0.25) is 0 Å². The minimum absolute atomic E-state index is 0.0387. The first kappa shape index (κ1) is 33.5. The molecule has 10 aromatic rings. The van der Waals surface area contributed by atoms with Crippen LogP contribution in [-0.2, 0) is 5.41 Å². The largest absolute Gasteiger partial charge is 0.455 e. The van der Waals surface area contributed by atoms with E-state index in [-0.39, 0.29) is 5.41 Å². The summed E-state index contributed by atoms with van der Waals surface area (Å²) >= 11 is 1.87. The molecule has 2 nitrogen and oxygen atoms in total. The van der Waals surface area contributed by atoms with Gasteiger partial charge in [0.05, 0.1) is 5.69 Å². The summed E-state index contributed by atoms with van der Waals surface area (Å²) in [7, 11) is 0. The number of thiophene rings is 1. The lowest BCUT2D eigenvalue weighted by atomic mass is 9.80. The second kappa shape index (κ2) is 12.7. The van der Waals surface area contributed by atoms with Crippen LogP contribution in [0.1, 0.15) is 37.8 Å². The highest BCUT2D eigenvalue weighted by Gasteiger charge is 2.37. The van der Waals surface area contributed by atoms with E-state index in [1.807, 2.05) is 17.4 Å². The summed E-state index contributed by atoms with van der Waals surface area (Å²) in [5, 5.41) is 7.34. The lowest BCUT2D eigenvalue weighted by molar-refractivity contribution is 0.651. The first-order valence-electron chi connectivity index (χ1n) is 20.3. The van der Waals surface area contributed by atoms with Crippen molar-refractivity contribution in [2.45, 2.75) is 32.1 Å². The lowest BCUT2D eigenvalue weighted by Crippen LogP contribution is -2.17. The predicted molar refractivity (Wildman–Crippen MR) is 248 cm³/mol. The number of anilines is 3. The number of benzene rings is 8. The Morgan fingerprint density at radius 2 is 1.34 bits per heavy atom. The molecule has 12 rings (SSSR count). The molecule has 0 amide bonds. The molecule has 3 heteroatoms. The van der Waals surface area contributed by atoms with Crippen molar-refractivity contribution < 1.29 is 4.42 Å². The van der Waals surface area contributed by atoms with Crippen molar-refractivity contribution in [2.75, 3.05) is 4.90 Å². The molecule has 2 aliphatic carbocycles. The van der Waals surface area contributed by atoms with Gasteiger partial charge in [-0.2, -0.15) is 0 Å². The number of fused-ring (bicyclic) bond motifs is 9. The quantitative estimate of drug-likeness (QED) is 0.174. The molecule has 8 aromatic carbocycles. The zero-order chi connectivity index (χ0) is 38.5. The highest BCUT2D eigenvalue weighted by molar-refractivity contribution is 7.25. The van der Waals surface area contributed by atoms with Crippen LogP contribution < -0.4 is 4.90 Å². The van der Waals surface area contributed by atoms with Crippen LogP contribution in [0, 0.1) is 0 Å². The third-order valence-corrected chi connectivity index (χ3v) is 13.9. The van der Waals surface area contributed by atoms with Gasteiger partial charge in [-0.05, 0) is 112 Å². The van der Waals surface area contributed by atoms with Crippen LogP contribution in [0.5, 0.6) is 0 Å². The summed E-state index contributed by atoms with van der Waals surface area (Å²) < 4.78 is 9.21. The number of nitrogens with zero attached hydrogens (tertiary/aromatic N) is 1. The average Bonchev–Trinajstić information content (AvgIpc) is 3.91. The van der Waals surface area contributed by atoms with Gasteiger partial charge in [0, 0.05) is 58.9 Å². The average molecular weight is 762 g/mol. The van der Waals surface area contributed by atoms with E-state index in [4.69, 9.17) is 4.42 Å². The Balaban J connectivity index is 1.13. The van der Waals surface area contributed by atoms with E-state index in [1.54, 1.807) is 0 Å². The van der Waals surface area contributed by atoms with Gasteiger partial charge in [0.2, 0.25) is 0 Å². The molecule has 0 spiro atoms. The molecule has 0 saturated heterocycles. The number of furan rings is 1. The van der Waals surface area contributed by atoms with Gasteiger partial charge < -0.3 is 9.32 Å². The molecule has 0 aliphatic heterocycles. The number of para-hydroxylation sites is 2. The van der Waals surface area contributed by atoms with Crippen LogP contribution in [0.4, 0.5) is 17.1 Å². The molecule has 2 aromatic heterocycles. The maximum Gasteiger partial charge on any atom is 0.143 e. The topological polar surface area (TPSA) is 16.4 Å². The summed E-state index contributed by atoms with van der Waals surface area (Å²) in [6.07, 6.45) is 6.87. The summed E-state index contributed by atoms with van der Waals surface area (Å²) in [4.78, 5) is 2.50. The minimum atomic E-state index is -0.0387. The van der Waals surface area contributed by atoms with Crippen molar-refractivity contribution in [2.24, 2.45) is 0 Å². The minimum Gasteiger partial charge on any atom is -0.455 e. The predicted octanol–water partition coefficient (Wildman–Crippen LogP) is 16.3. The molecule has 276 valence electrons. The van der Waals surface area contributed by atoms with Gasteiger partial charge >= 0.3 is 0 Å². The molecule has 0 atom stereocenters. The fraction of sp³-hybridized carbons (Fsp3) is 0.0909. The van der Waals surface area contributed by atoms with E-state index in [9.17, 15) is 0 Å². The Hall–Kier alpha value is -6.68. The summed E-state index contributed by atoms with van der Waals surface area (Å²) in [5.41, 5.74) is 15.5. The van der Waals surface area contributed by atoms with Crippen molar-refractivity contribution >= 4 is 86.9 Å². The summed E-state index contributed by atoms with van der Waals surface area (Å²) in [6, 6.07) is 60.5. The lowest BCUT2D eigenvalue weighted by Gasteiger charge is -2.30. The normalized spacial score (nSPS) is 14.6. The molecule has 0 bridgehead atoms. The molecule has 58 heavy (non-hydrogen) atoms. The van der Waals surface area contributed by atoms with Crippen molar-refractivity contribution in [1.82, 2.24) is 0 Å². The van der Waals surface area contributed by atoms with Gasteiger partial charge in [0.15, 0.2) is 0 Å². The van der Waals surface area contributed by atoms with Crippen LogP contribution in [0.3, 0.4) is 0 Å². The van der Waals surface area contributed by atoms with Crippen LogP contribution in [0.15, 0.2) is 186 Å². The van der Waals surface area contributed by atoms with Gasteiger partial charge in [-0.25, -0.2) is 0 Å². The molecular weight excluding hydrogens is 723 g/mol. The molecule has 0 N–H and O–H groups in total. The summed E-state index contributed by atoms with van der Waals surface area (Å²) in [6.45, 7) is 4.77. The molecule has 0 fully saturated rings. The highest BCUT2D eigenvalue weighted by Crippen LogP contribution is 2.53. The molecule has 0 radical (unpaired) electrons. The van der Waals surface area contributed by atoms with Gasteiger partial charge in [0.1, 0.15) is 11.2 Å². The van der Waals surface area contributed by atoms with Crippen LogP contribution in [-0.4, -0.2) is 0 Å². The Morgan fingerprint density at radius 3 is 2.28 bits per heavy atom. The highest BCUT2D eigenvalue weighted by atomic mass is 32.1. The Kier molecular flexibility index (Phi) is 7.30. The maximum atomic E-state index is 6.59. The maximum absolute atomic E-state index is 6.59. The molecular formula is C55H39NOS. The number of allylic oxidation sites excluding steroid dienone is 4. The van der Waals surface area contributed by atoms with Crippen LogP contribution in [0.2, 0.25) is 0 Å². The number of rotatable bonds is 5. The number of hydrogen-bond donors (Lipinski definition) is 0. The van der Waals surface area contributed by atoms with E-state index in [2.05, 4.69) is 189 Å². The van der Waals surface area contributed by atoms with Crippen molar-refractivity contribution in [3.05, 3.63) is 193 Å². The van der Waals surface area contributed by atoms with Crippen LogP contribution in [0.25, 0.3) is 80.7 Å². The number of hydrogen-bond acceptors (Lipinski definition) is 3. The first-order chi connectivity index (χ1) is 28.5. The fourth-order valence-corrected chi connectivity index (χ4v) is 11.1. The Labute approximate surface area is 341 Å². The standard InChI is InChI=1S/C55H39NOS/c1-55(2)47-22-8-5-17-41(47)45-33-38(27-28-48(45)55)56(37-15-11-14-35(31-37)40-20-12-21-44-42-18-6-9-23-50(42)57-54(40)44)49-29-25-34-13-3-4-16-39(34)53(49)36-26-30-52-46(32-36)43-19-7-10-24-51(43)58-52/h3-4,6-16,18-33H,5,17H2,1-2H3. The smallest absolute Gasteiger partial charge is 0.143 e. The first-order valence-corrected chi connectivity index (χ1v) is 21.1. The van der Waals surface area contributed by atoms with E-state index in [1.165, 1.54) is 64.3 Å². The van der Waals surface area contributed by atoms with E-state index in [0.29, 0.717) is 0 Å². The second-order valence-electron chi connectivity index (χ2n) is 16.3. The van der Waals surface area contributed by atoms with Crippen molar-refractivity contribution in [3.63, 3.8) is 0 Å². The monoisotopic (exact) mass is 761 g/mol. The fourth-order valence-electron chi connectivity index (χ4n) is 9.99. The Bertz CT molecular complexity index is 3390. The molecule has 2 aliphatic rings. The third-order valence-electron chi connectivity index (χ3n) is 12.7. The van der Waals surface area contributed by atoms with Crippen molar-refractivity contribution in [3.8, 4) is 22.3 Å². The molecule has 0 unspecified atom stereocenters. The van der Waals surface area contributed by atoms with Crippen LogP contribution >= 0.6 is 11.3 Å². The zero-order valence-corrected chi connectivity index (χ0v) is 33.2. The second-order valence-corrected chi connectivity index (χ2v) is 17.4. The molecule has 0 saturated carbocycles. The third kappa shape index (κ3) is 4.96. The molecule has 2 heterocycles. The van der Waals surface area contributed by atoms with Gasteiger partial charge in [-0.1, -0.05) is 135 Å². The van der Waals surface area contributed by atoms with Gasteiger partial charge in [-0.15, -0.1) is 11.3 Å².